The van der Waals surface area contributed by atoms with Crippen molar-refractivity contribution in [3.63, 3.8) is 0 Å². The van der Waals surface area contributed by atoms with Crippen molar-refractivity contribution in [2.24, 2.45) is 0 Å². The molecule has 0 atom stereocenters. The Morgan fingerprint density at radius 1 is 1.11 bits per heavy atom. The average Bonchev–Trinajstić information content (AvgIpc) is 2.68. The van der Waals surface area contributed by atoms with Crippen LogP contribution in [0.25, 0.3) is 6.08 Å². The van der Waals surface area contributed by atoms with Gasteiger partial charge in [0.1, 0.15) is 5.56 Å². The summed E-state index contributed by atoms with van der Waals surface area (Å²) in [5, 5.41) is 13.5. The van der Waals surface area contributed by atoms with Gasteiger partial charge in [-0.3, -0.25) is 4.79 Å². The summed E-state index contributed by atoms with van der Waals surface area (Å²) in [5.74, 6) is -1.70. The van der Waals surface area contributed by atoms with E-state index in [0.717, 1.165) is 11.0 Å². The van der Waals surface area contributed by atoms with E-state index in [1.54, 1.807) is 24.3 Å². The molecule has 2 aromatic rings. The van der Waals surface area contributed by atoms with E-state index in [-0.39, 0.29) is 24.2 Å². The van der Waals surface area contributed by atoms with Crippen LogP contribution in [0.15, 0.2) is 53.9 Å². The number of amides is 1. The molecular weight excluding hydrogens is 384 g/mol. The molecule has 0 fully saturated rings. The number of sulfonamides is 1. The first kappa shape index (κ1) is 21.1. The molecule has 0 radical (unpaired) electrons. The van der Waals surface area contributed by atoms with E-state index in [1.165, 1.54) is 31.4 Å². The van der Waals surface area contributed by atoms with Gasteiger partial charge in [-0.15, -0.1) is 0 Å². The highest BCUT2D eigenvalue weighted by Gasteiger charge is 2.16. The average molecular weight is 404 g/mol. The number of carbonyl (C=O) groups is 2. The van der Waals surface area contributed by atoms with Gasteiger partial charge in [0.15, 0.2) is 5.75 Å². The molecule has 0 aliphatic carbocycles. The summed E-state index contributed by atoms with van der Waals surface area (Å²) in [4.78, 5) is 23.5. The lowest BCUT2D eigenvalue weighted by molar-refractivity contribution is -0.116. The molecule has 3 N–H and O–H groups in total. The molecule has 0 saturated heterocycles. The molecule has 0 unspecified atom stereocenters. The van der Waals surface area contributed by atoms with Crippen LogP contribution in [-0.4, -0.2) is 39.1 Å². The molecule has 2 rings (SSSR count). The number of aromatic hydroxyl groups is 1. The smallest absolute Gasteiger partial charge is 0.341 e. The number of anilines is 1. The molecule has 0 aliphatic rings. The van der Waals surface area contributed by atoms with Crippen LogP contribution in [0.3, 0.4) is 0 Å². The van der Waals surface area contributed by atoms with E-state index in [1.807, 2.05) is 6.07 Å². The zero-order valence-corrected chi connectivity index (χ0v) is 15.9. The Morgan fingerprint density at radius 2 is 1.82 bits per heavy atom. The topological polar surface area (TPSA) is 122 Å². The number of hydrogen-bond donors (Lipinski definition) is 3. The first-order chi connectivity index (χ1) is 13.3. The number of esters is 1. The molecule has 0 aliphatic heterocycles. The highest BCUT2D eigenvalue weighted by molar-refractivity contribution is 7.92. The summed E-state index contributed by atoms with van der Waals surface area (Å²) in [6.07, 6.45) is 1.28. The number of ether oxygens (including phenoxy) is 1. The fraction of sp³-hybridized carbons (Fsp3) is 0.158. The Bertz CT molecular complexity index is 971. The molecule has 0 heterocycles. The van der Waals surface area contributed by atoms with Gasteiger partial charge in [0.2, 0.25) is 15.9 Å². The van der Waals surface area contributed by atoms with Gasteiger partial charge in [0.05, 0.1) is 12.8 Å². The summed E-state index contributed by atoms with van der Waals surface area (Å²) >= 11 is 0. The maximum Gasteiger partial charge on any atom is 0.341 e. The normalized spacial score (nSPS) is 11.3. The largest absolute Gasteiger partial charge is 0.505 e. The van der Waals surface area contributed by atoms with Crippen molar-refractivity contribution in [2.75, 3.05) is 19.0 Å². The second-order valence-corrected chi connectivity index (χ2v) is 7.30. The Hall–Kier alpha value is -3.17. The summed E-state index contributed by atoms with van der Waals surface area (Å²) in [6, 6.07) is 13.1. The van der Waals surface area contributed by atoms with Crippen molar-refractivity contribution in [2.45, 2.75) is 6.42 Å². The van der Waals surface area contributed by atoms with Crippen LogP contribution in [0.4, 0.5) is 5.69 Å². The van der Waals surface area contributed by atoms with Crippen molar-refractivity contribution in [1.82, 2.24) is 4.72 Å². The van der Waals surface area contributed by atoms with Gasteiger partial charge in [-0.1, -0.05) is 36.4 Å². The number of benzene rings is 2. The zero-order valence-electron chi connectivity index (χ0n) is 15.1. The van der Waals surface area contributed by atoms with Crippen LogP contribution < -0.4 is 10.0 Å². The predicted molar refractivity (Wildman–Crippen MR) is 105 cm³/mol. The van der Waals surface area contributed by atoms with Gasteiger partial charge in [-0.25, -0.2) is 17.9 Å². The number of phenolic OH excluding ortho intramolecular Hbond substituents is 1. The molecule has 148 valence electrons. The quantitative estimate of drug-likeness (QED) is 0.458. The minimum absolute atomic E-state index is 0.0275. The highest BCUT2D eigenvalue weighted by atomic mass is 32.2. The number of methoxy groups -OCH3 is 1. The number of para-hydroxylation sites is 1. The Labute approximate surface area is 162 Å². The fourth-order valence-electron chi connectivity index (χ4n) is 2.22. The molecule has 9 heteroatoms. The fourth-order valence-corrected chi connectivity index (χ4v) is 3.04. The maximum atomic E-state index is 12.0. The van der Waals surface area contributed by atoms with Crippen LogP contribution in [0, 0.1) is 0 Å². The maximum absolute atomic E-state index is 12.0. The molecule has 2 aromatic carbocycles. The third-order valence-corrected chi connectivity index (χ3v) is 4.71. The number of rotatable bonds is 8. The molecule has 0 bridgehead atoms. The molecule has 0 aromatic heterocycles. The molecule has 8 nitrogen and oxygen atoms in total. The van der Waals surface area contributed by atoms with E-state index < -0.39 is 27.6 Å². The lowest BCUT2D eigenvalue weighted by Gasteiger charge is -2.10. The van der Waals surface area contributed by atoms with E-state index in [4.69, 9.17) is 0 Å². The van der Waals surface area contributed by atoms with Gasteiger partial charge in [0.25, 0.3) is 0 Å². The van der Waals surface area contributed by atoms with Gasteiger partial charge in [-0.05, 0) is 23.8 Å². The second kappa shape index (κ2) is 9.67. The minimum Gasteiger partial charge on any atom is -0.505 e. The van der Waals surface area contributed by atoms with Crippen molar-refractivity contribution in [1.29, 1.82) is 0 Å². The van der Waals surface area contributed by atoms with Crippen LogP contribution in [-0.2, 0) is 19.6 Å². The molecule has 0 saturated carbocycles. The summed E-state index contributed by atoms with van der Waals surface area (Å²) in [7, 11) is -2.53. The predicted octanol–water partition coefficient (Wildman–Crippen LogP) is 2.10. The van der Waals surface area contributed by atoms with Crippen molar-refractivity contribution in [3.8, 4) is 5.75 Å². The zero-order chi connectivity index (χ0) is 20.6. The SMILES string of the molecule is COC(=O)c1cccc(NC(=O)CCNS(=O)(=O)/C=C/c2ccccc2)c1O. The lowest BCUT2D eigenvalue weighted by Crippen LogP contribution is -2.26. The Balaban J connectivity index is 1.89. The standard InChI is InChI=1S/C19H20N2O6S/c1-27-19(24)15-8-5-9-16(18(15)23)21-17(22)10-12-20-28(25,26)13-11-14-6-3-2-4-7-14/h2-9,11,13,20,23H,10,12H2,1H3,(H,21,22)/b13-11+. The Morgan fingerprint density at radius 3 is 2.50 bits per heavy atom. The molecule has 28 heavy (non-hydrogen) atoms. The van der Waals surface area contributed by atoms with Crippen LogP contribution in [0.2, 0.25) is 0 Å². The monoisotopic (exact) mass is 404 g/mol. The van der Waals surface area contributed by atoms with Crippen LogP contribution in [0.5, 0.6) is 5.75 Å². The number of carbonyl (C=O) groups excluding carboxylic acids is 2. The Kier molecular flexibility index (Phi) is 7.30. The van der Waals surface area contributed by atoms with Crippen molar-refractivity contribution >= 4 is 33.7 Å². The summed E-state index contributed by atoms with van der Waals surface area (Å²) < 4.78 is 30.7. The van der Waals surface area contributed by atoms with Crippen molar-refractivity contribution < 1.29 is 27.9 Å². The molecular formula is C19H20N2O6S. The number of phenols is 1. The highest BCUT2D eigenvalue weighted by Crippen LogP contribution is 2.28. The van der Waals surface area contributed by atoms with E-state index in [0.29, 0.717) is 0 Å². The van der Waals surface area contributed by atoms with Crippen molar-refractivity contribution in [3.05, 3.63) is 65.1 Å². The van der Waals surface area contributed by atoms with Gasteiger partial charge >= 0.3 is 5.97 Å². The van der Waals surface area contributed by atoms with Gasteiger partial charge in [-0.2, -0.15) is 0 Å². The third kappa shape index (κ3) is 6.22. The van der Waals surface area contributed by atoms with E-state index in [2.05, 4.69) is 14.8 Å². The second-order valence-electron chi connectivity index (χ2n) is 5.64. The number of nitrogens with one attached hydrogen (secondary N) is 2. The summed E-state index contributed by atoms with van der Waals surface area (Å²) in [5.41, 5.74) is 0.665. The first-order valence-electron chi connectivity index (χ1n) is 8.25. The minimum atomic E-state index is -3.70. The summed E-state index contributed by atoms with van der Waals surface area (Å²) in [6.45, 7) is -0.134. The van der Waals surface area contributed by atoms with E-state index >= 15 is 0 Å². The first-order valence-corrected chi connectivity index (χ1v) is 9.80. The molecule has 1 amide bonds. The third-order valence-electron chi connectivity index (χ3n) is 3.61. The van der Waals surface area contributed by atoms with E-state index in [9.17, 15) is 23.1 Å². The van der Waals surface area contributed by atoms with Crippen LogP contribution in [0.1, 0.15) is 22.3 Å². The van der Waals surface area contributed by atoms with Gasteiger partial charge in [0, 0.05) is 18.4 Å². The van der Waals surface area contributed by atoms with Gasteiger partial charge < -0.3 is 15.2 Å². The molecule has 0 spiro atoms. The lowest BCUT2D eigenvalue weighted by atomic mass is 10.1. The number of hydrogen-bond acceptors (Lipinski definition) is 6. The van der Waals surface area contributed by atoms with Crippen LogP contribution >= 0.6 is 0 Å².